The van der Waals surface area contributed by atoms with Gasteiger partial charge in [0.05, 0.1) is 11.9 Å². The van der Waals surface area contributed by atoms with Crippen LogP contribution < -0.4 is 10.9 Å². The minimum atomic E-state index is -0.0501. The normalized spacial score (nSPS) is 22.5. The van der Waals surface area contributed by atoms with Gasteiger partial charge in [-0.2, -0.15) is 16.9 Å². The molecule has 1 N–H and O–H groups in total. The molecule has 1 aromatic heterocycles. The molecule has 6 heteroatoms. The van der Waals surface area contributed by atoms with Crippen molar-refractivity contribution in [1.29, 1.82) is 0 Å². The maximum Gasteiger partial charge on any atom is 0.283 e. The number of hydrogen-bond acceptors (Lipinski definition) is 4. The van der Waals surface area contributed by atoms with Crippen LogP contribution in [0.4, 0.5) is 5.69 Å². The Morgan fingerprint density at radius 1 is 1.52 bits per heavy atom. The summed E-state index contributed by atoms with van der Waals surface area (Å²) in [7, 11) is 0. The molecule has 1 aromatic rings. The first kappa shape index (κ1) is 16.9. The van der Waals surface area contributed by atoms with E-state index in [4.69, 9.17) is 0 Å². The molecule has 1 saturated carbocycles. The van der Waals surface area contributed by atoms with E-state index in [-0.39, 0.29) is 5.56 Å². The summed E-state index contributed by atoms with van der Waals surface area (Å²) < 4.78 is 2.13. The van der Waals surface area contributed by atoms with Crippen molar-refractivity contribution >= 4 is 33.4 Å². The van der Waals surface area contributed by atoms with Crippen molar-refractivity contribution in [2.45, 2.75) is 57.4 Å². The zero-order valence-corrected chi connectivity index (χ0v) is 15.3. The molecule has 0 bridgehead atoms. The lowest BCUT2D eigenvalue weighted by Gasteiger charge is -2.29. The molecular formula is C15H24BrN3OS. The van der Waals surface area contributed by atoms with E-state index in [9.17, 15) is 4.79 Å². The highest BCUT2D eigenvalue weighted by Gasteiger charge is 2.22. The minimum absolute atomic E-state index is 0.0501. The second kappa shape index (κ2) is 7.68. The Hall–Kier alpha value is -0.490. The van der Waals surface area contributed by atoms with Gasteiger partial charge in [0.15, 0.2) is 0 Å². The summed E-state index contributed by atoms with van der Waals surface area (Å²) in [5, 5.41) is 8.52. The first-order chi connectivity index (χ1) is 10.0. The van der Waals surface area contributed by atoms with Gasteiger partial charge in [-0.25, -0.2) is 4.68 Å². The van der Waals surface area contributed by atoms with Gasteiger partial charge in [-0.1, -0.05) is 20.3 Å². The van der Waals surface area contributed by atoms with Gasteiger partial charge in [-0.05, 0) is 47.4 Å². The van der Waals surface area contributed by atoms with E-state index in [1.165, 1.54) is 23.9 Å². The van der Waals surface area contributed by atoms with E-state index >= 15 is 0 Å². The smallest absolute Gasteiger partial charge is 0.283 e. The first-order valence-electron chi connectivity index (χ1n) is 7.56. The zero-order chi connectivity index (χ0) is 15.4. The van der Waals surface area contributed by atoms with Crippen molar-refractivity contribution in [3.8, 4) is 0 Å². The van der Waals surface area contributed by atoms with Gasteiger partial charge in [0.2, 0.25) is 0 Å². The third-order valence-electron chi connectivity index (χ3n) is 3.84. The van der Waals surface area contributed by atoms with Gasteiger partial charge < -0.3 is 5.32 Å². The topological polar surface area (TPSA) is 46.9 Å². The van der Waals surface area contributed by atoms with Gasteiger partial charge in [0.25, 0.3) is 5.56 Å². The van der Waals surface area contributed by atoms with Crippen LogP contribution in [0.5, 0.6) is 0 Å². The highest BCUT2D eigenvalue weighted by molar-refractivity contribution is 9.10. The Bertz CT molecular complexity index is 532. The Morgan fingerprint density at radius 3 is 2.95 bits per heavy atom. The highest BCUT2D eigenvalue weighted by atomic mass is 79.9. The lowest BCUT2D eigenvalue weighted by atomic mass is 9.95. The third-order valence-corrected chi connectivity index (χ3v) is 5.70. The minimum Gasteiger partial charge on any atom is -0.380 e. The van der Waals surface area contributed by atoms with Crippen LogP contribution in [0.3, 0.4) is 0 Å². The molecule has 0 spiro atoms. The van der Waals surface area contributed by atoms with Crippen LogP contribution >= 0.6 is 27.7 Å². The van der Waals surface area contributed by atoms with E-state index in [0.717, 1.165) is 17.4 Å². The summed E-state index contributed by atoms with van der Waals surface area (Å²) >= 11 is 5.38. The van der Waals surface area contributed by atoms with Gasteiger partial charge in [-0.15, -0.1) is 0 Å². The monoisotopic (exact) mass is 373 g/mol. The summed E-state index contributed by atoms with van der Waals surface area (Å²) in [5.74, 6) is 0.404. The molecule has 0 aliphatic heterocycles. The summed E-state index contributed by atoms with van der Waals surface area (Å²) in [6, 6.07) is 0.439. The second-order valence-electron chi connectivity index (χ2n) is 6.12. The fourth-order valence-electron chi connectivity index (χ4n) is 2.75. The molecular weight excluding hydrogens is 350 g/mol. The molecule has 4 nitrogen and oxygen atoms in total. The predicted molar refractivity (Wildman–Crippen MR) is 94.2 cm³/mol. The fourth-order valence-corrected chi connectivity index (χ4v) is 4.00. The largest absolute Gasteiger partial charge is 0.380 e. The number of aromatic nitrogens is 2. The number of nitrogens with zero attached hydrogens (tertiary/aromatic N) is 2. The lowest BCUT2D eigenvalue weighted by molar-refractivity contribution is 0.459. The second-order valence-corrected chi connectivity index (χ2v) is 8.05. The van der Waals surface area contributed by atoms with Gasteiger partial charge >= 0.3 is 0 Å². The number of nitrogens with one attached hydrogen (secondary N) is 1. The molecule has 1 aliphatic rings. The van der Waals surface area contributed by atoms with Gasteiger partial charge in [0.1, 0.15) is 4.47 Å². The first-order valence-corrected chi connectivity index (χ1v) is 9.64. The van der Waals surface area contributed by atoms with E-state index in [1.54, 1.807) is 6.20 Å². The Kier molecular flexibility index (Phi) is 6.17. The Balaban J connectivity index is 2.10. The molecule has 1 heterocycles. The fraction of sp³-hybridized carbons (Fsp3) is 0.733. The van der Waals surface area contributed by atoms with Crippen LogP contribution in [-0.2, 0) is 6.54 Å². The molecule has 1 fully saturated rings. The quantitative estimate of drug-likeness (QED) is 0.853. The maximum absolute atomic E-state index is 12.3. The van der Waals surface area contributed by atoms with Crippen LogP contribution in [0, 0.1) is 5.92 Å². The number of rotatable bonds is 5. The molecule has 2 rings (SSSR count). The molecule has 21 heavy (non-hydrogen) atoms. The summed E-state index contributed by atoms with van der Waals surface area (Å²) in [6.45, 7) is 4.81. The average molecular weight is 374 g/mol. The van der Waals surface area contributed by atoms with Crippen molar-refractivity contribution in [3.63, 3.8) is 0 Å². The molecule has 2 unspecified atom stereocenters. The Labute approximate surface area is 139 Å². The summed E-state index contributed by atoms with van der Waals surface area (Å²) in [4.78, 5) is 12.3. The molecule has 0 saturated heterocycles. The maximum atomic E-state index is 12.3. The molecule has 0 aromatic carbocycles. The summed E-state index contributed by atoms with van der Waals surface area (Å²) in [5.41, 5.74) is 0.776. The summed E-state index contributed by atoms with van der Waals surface area (Å²) in [6.07, 6.45) is 8.82. The van der Waals surface area contributed by atoms with Crippen LogP contribution in [0.2, 0.25) is 0 Å². The molecule has 1 aliphatic carbocycles. The number of halogens is 1. The van der Waals surface area contributed by atoms with E-state index < -0.39 is 0 Å². The van der Waals surface area contributed by atoms with Crippen molar-refractivity contribution in [1.82, 2.24) is 9.78 Å². The SMILES string of the molecule is CSC1CCCC(Nc2cnn(CC(C)C)c(=O)c2Br)C1. The average Bonchev–Trinajstić information content (AvgIpc) is 2.47. The highest BCUT2D eigenvalue weighted by Crippen LogP contribution is 2.29. The van der Waals surface area contributed by atoms with Crippen LogP contribution in [0.25, 0.3) is 0 Å². The van der Waals surface area contributed by atoms with Gasteiger partial charge in [0, 0.05) is 17.8 Å². The van der Waals surface area contributed by atoms with E-state index in [0.29, 0.717) is 23.0 Å². The third kappa shape index (κ3) is 4.49. The zero-order valence-electron chi connectivity index (χ0n) is 12.9. The van der Waals surface area contributed by atoms with E-state index in [2.05, 4.69) is 46.4 Å². The van der Waals surface area contributed by atoms with Crippen molar-refractivity contribution in [3.05, 3.63) is 21.0 Å². The predicted octanol–water partition coefficient (Wildman–Crippen LogP) is 3.75. The number of thioether (sulfide) groups is 1. The standard InChI is InChI=1S/C15H24BrN3OS/c1-10(2)9-19-15(20)14(16)13(8-17-19)18-11-5-4-6-12(7-11)21-3/h8,10-12,18H,4-7,9H2,1-3H3. The van der Waals surface area contributed by atoms with Crippen LogP contribution in [-0.4, -0.2) is 27.3 Å². The molecule has 2 atom stereocenters. The Morgan fingerprint density at radius 2 is 2.29 bits per heavy atom. The lowest BCUT2D eigenvalue weighted by Crippen LogP contribution is -2.31. The van der Waals surface area contributed by atoms with Crippen LogP contribution in [0.15, 0.2) is 15.5 Å². The molecule has 118 valence electrons. The van der Waals surface area contributed by atoms with Gasteiger partial charge in [-0.3, -0.25) is 4.79 Å². The van der Waals surface area contributed by atoms with Crippen molar-refractivity contribution < 1.29 is 0 Å². The number of hydrogen-bond donors (Lipinski definition) is 1. The molecule has 0 amide bonds. The van der Waals surface area contributed by atoms with Crippen molar-refractivity contribution in [2.24, 2.45) is 5.92 Å². The molecule has 0 radical (unpaired) electrons. The number of anilines is 1. The van der Waals surface area contributed by atoms with Crippen LogP contribution in [0.1, 0.15) is 39.5 Å². The van der Waals surface area contributed by atoms with Crippen molar-refractivity contribution in [2.75, 3.05) is 11.6 Å². The van der Waals surface area contributed by atoms with E-state index in [1.807, 2.05) is 11.8 Å².